The first-order valence-corrected chi connectivity index (χ1v) is 8.76. The average molecular weight is 346 g/mol. The number of carbonyl (C=O) groups is 1. The van der Waals surface area contributed by atoms with Crippen LogP contribution >= 0.6 is 0 Å². The van der Waals surface area contributed by atoms with Crippen molar-refractivity contribution in [2.75, 3.05) is 13.7 Å². The lowest BCUT2D eigenvalue weighted by atomic mass is 10.00. The van der Waals surface area contributed by atoms with Gasteiger partial charge in [0, 0.05) is 23.4 Å². The molecule has 0 aliphatic heterocycles. The van der Waals surface area contributed by atoms with Crippen molar-refractivity contribution in [3.63, 3.8) is 0 Å². The molecule has 0 saturated carbocycles. The Morgan fingerprint density at radius 1 is 1.16 bits per heavy atom. The molecule has 0 spiro atoms. The van der Waals surface area contributed by atoms with Crippen LogP contribution in [0.5, 0.6) is 5.75 Å². The second-order valence-corrected chi connectivity index (χ2v) is 6.53. The zero-order chi connectivity index (χ0) is 18.2. The molecule has 0 unspecified atom stereocenters. The molecule has 5 nitrogen and oxygen atoms in total. The number of unbranched alkanes of at least 4 members (excludes halogenated alkanes) is 1. The highest BCUT2D eigenvalue weighted by molar-refractivity contribution is 5.82. The van der Waals surface area contributed by atoms with Gasteiger partial charge in [-0.3, -0.25) is 4.79 Å². The number of methoxy groups -OCH3 is 1. The van der Waals surface area contributed by atoms with Crippen LogP contribution in [0.15, 0.2) is 33.5 Å². The Balaban J connectivity index is 2.12. The van der Waals surface area contributed by atoms with Crippen LogP contribution in [0.4, 0.5) is 0 Å². The molecule has 1 aromatic carbocycles. The molecule has 0 atom stereocenters. The first-order chi connectivity index (χ1) is 12.0. The van der Waals surface area contributed by atoms with Crippen molar-refractivity contribution in [2.45, 2.75) is 46.0 Å². The molecule has 0 fully saturated rings. The highest BCUT2D eigenvalue weighted by Gasteiger charge is 2.13. The quantitative estimate of drug-likeness (QED) is 0.388. The maximum absolute atomic E-state index is 11.6. The van der Waals surface area contributed by atoms with E-state index < -0.39 is 0 Å². The van der Waals surface area contributed by atoms with Crippen LogP contribution in [0.3, 0.4) is 0 Å². The Labute approximate surface area is 147 Å². The van der Waals surface area contributed by atoms with E-state index in [0.29, 0.717) is 24.5 Å². The summed E-state index contributed by atoms with van der Waals surface area (Å²) in [4.78, 5) is 22.7. The normalized spacial score (nSPS) is 11.0. The minimum absolute atomic E-state index is 0.204. The van der Waals surface area contributed by atoms with Crippen LogP contribution in [0.1, 0.15) is 45.1 Å². The van der Waals surface area contributed by atoms with Gasteiger partial charge in [-0.25, -0.2) is 4.79 Å². The number of fused-ring (bicyclic) bond motifs is 1. The number of carbonyl (C=O) groups excluding carboxylic acids is 1. The lowest BCUT2D eigenvalue weighted by Gasteiger charge is -2.14. The van der Waals surface area contributed by atoms with Gasteiger partial charge in [0.25, 0.3) is 0 Å². The molecular formula is C20H26O5. The lowest BCUT2D eigenvalue weighted by Crippen LogP contribution is -2.05. The first-order valence-electron chi connectivity index (χ1n) is 8.76. The van der Waals surface area contributed by atoms with Gasteiger partial charge >= 0.3 is 11.6 Å². The van der Waals surface area contributed by atoms with Crippen molar-refractivity contribution in [2.24, 2.45) is 5.92 Å². The van der Waals surface area contributed by atoms with Crippen molar-refractivity contribution in [1.82, 2.24) is 0 Å². The maximum atomic E-state index is 11.6. The van der Waals surface area contributed by atoms with E-state index in [4.69, 9.17) is 9.15 Å². The Bertz CT molecular complexity index is 760. The maximum Gasteiger partial charge on any atom is 0.336 e. The van der Waals surface area contributed by atoms with Crippen LogP contribution in [0.25, 0.3) is 11.0 Å². The number of hydrogen-bond acceptors (Lipinski definition) is 5. The summed E-state index contributed by atoms with van der Waals surface area (Å²) in [5, 5.41) is 0.899. The third-order valence-corrected chi connectivity index (χ3v) is 4.08. The number of rotatable bonds is 9. The summed E-state index contributed by atoms with van der Waals surface area (Å²) < 4.78 is 16.0. The minimum atomic E-state index is -0.353. The Hall–Kier alpha value is -2.30. The van der Waals surface area contributed by atoms with Crippen molar-refractivity contribution in [3.05, 3.63) is 40.2 Å². The Morgan fingerprint density at radius 3 is 2.64 bits per heavy atom. The molecular weight excluding hydrogens is 320 g/mol. The van der Waals surface area contributed by atoms with Gasteiger partial charge < -0.3 is 13.9 Å². The molecule has 1 aromatic heterocycles. The van der Waals surface area contributed by atoms with Gasteiger partial charge in [0.1, 0.15) is 11.3 Å². The summed E-state index contributed by atoms with van der Waals surface area (Å²) in [6, 6.07) is 7.04. The highest BCUT2D eigenvalue weighted by atomic mass is 16.5. The monoisotopic (exact) mass is 346 g/mol. The largest absolute Gasteiger partial charge is 0.493 e. The van der Waals surface area contributed by atoms with Crippen molar-refractivity contribution in [1.29, 1.82) is 0 Å². The Morgan fingerprint density at radius 2 is 1.92 bits per heavy atom. The second-order valence-electron chi connectivity index (χ2n) is 6.53. The summed E-state index contributed by atoms with van der Waals surface area (Å²) in [6.07, 6.45) is 3.65. The number of aryl methyl sites for hydroxylation is 1. The molecule has 0 saturated heterocycles. The number of ether oxygens (including phenoxy) is 2. The predicted octanol–water partition coefficient (Wildman–Crippen LogP) is 4.10. The van der Waals surface area contributed by atoms with Crippen LogP contribution in [-0.4, -0.2) is 19.7 Å². The molecule has 136 valence electrons. The SMILES string of the molecule is COC(=O)CCCCOc1ccc2ccc(=O)oc2c1CCC(C)C. The fraction of sp³-hybridized carbons (Fsp3) is 0.500. The van der Waals surface area contributed by atoms with Crippen LogP contribution in [0, 0.1) is 5.92 Å². The molecule has 2 rings (SSSR count). The fourth-order valence-electron chi connectivity index (χ4n) is 2.63. The van der Waals surface area contributed by atoms with Crippen molar-refractivity contribution < 1.29 is 18.7 Å². The molecule has 0 bridgehead atoms. The van der Waals surface area contributed by atoms with E-state index in [1.165, 1.54) is 13.2 Å². The van der Waals surface area contributed by atoms with Crippen LogP contribution in [0.2, 0.25) is 0 Å². The van der Waals surface area contributed by atoms with Gasteiger partial charge in [0.05, 0.1) is 13.7 Å². The topological polar surface area (TPSA) is 65.7 Å². The average Bonchev–Trinajstić information content (AvgIpc) is 2.59. The summed E-state index contributed by atoms with van der Waals surface area (Å²) >= 11 is 0. The fourth-order valence-corrected chi connectivity index (χ4v) is 2.63. The number of esters is 1. The van der Waals surface area contributed by atoms with Gasteiger partial charge in [0.2, 0.25) is 0 Å². The molecule has 25 heavy (non-hydrogen) atoms. The van der Waals surface area contributed by atoms with Crippen LogP contribution < -0.4 is 10.4 Å². The summed E-state index contributed by atoms with van der Waals surface area (Å²) in [6.45, 7) is 4.83. The van der Waals surface area contributed by atoms with E-state index in [1.807, 2.05) is 12.1 Å². The molecule has 1 heterocycles. The van der Waals surface area contributed by atoms with Gasteiger partial charge in [-0.2, -0.15) is 0 Å². The standard InChI is InChI=1S/C20H26O5/c1-14(2)7-10-16-17(24-13-5-4-6-18(21)23-3)11-8-15-9-12-19(22)25-20(15)16/h8-9,11-12,14H,4-7,10,13H2,1-3H3. The molecule has 2 aromatic rings. The molecule has 0 aliphatic carbocycles. The number of benzene rings is 1. The van der Waals surface area contributed by atoms with E-state index in [0.717, 1.165) is 42.4 Å². The molecule has 5 heteroatoms. The van der Waals surface area contributed by atoms with Gasteiger partial charge in [-0.05, 0) is 49.8 Å². The summed E-state index contributed by atoms with van der Waals surface area (Å²) in [5.74, 6) is 1.09. The highest BCUT2D eigenvalue weighted by Crippen LogP contribution is 2.29. The van der Waals surface area contributed by atoms with E-state index in [-0.39, 0.29) is 11.6 Å². The van der Waals surface area contributed by atoms with Crippen LogP contribution in [-0.2, 0) is 16.0 Å². The smallest absolute Gasteiger partial charge is 0.336 e. The third-order valence-electron chi connectivity index (χ3n) is 4.08. The summed E-state index contributed by atoms with van der Waals surface area (Å²) in [7, 11) is 1.39. The van der Waals surface area contributed by atoms with Crippen molar-refractivity contribution >= 4 is 16.9 Å². The minimum Gasteiger partial charge on any atom is -0.493 e. The van der Waals surface area contributed by atoms with Gasteiger partial charge in [-0.15, -0.1) is 0 Å². The van der Waals surface area contributed by atoms with E-state index >= 15 is 0 Å². The number of hydrogen-bond donors (Lipinski definition) is 0. The molecule has 0 amide bonds. The van der Waals surface area contributed by atoms with E-state index in [1.54, 1.807) is 6.07 Å². The molecule has 0 radical (unpaired) electrons. The van der Waals surface area contributed by atoms with E-state index in [9.17, 15) is 9.59 Å². The van der Waals surface area contributed by atoms with E-state index in [2.05, 4.69) is 18.6 Å². The summed E-state index contributed by atoms with van der Waals surface area (Å²) in [5.41, 5.74) is 1.20. The Kier molecular flexibility index (Phi) is 7.04. The third kappa shape index (κ3) is 5.62. The zero-order valence-corrected chi connectivity index (χ0v) is 15.2. The lowest BCUT2D eigenvalue weighted by molar-refractivity contribution is -0.140. The second kappa shape index (κ2) is 9.25. The molecule has 0 aliphatic rings. The van der Waals surface area contributed by atoms with Crippen molar-refractivity contribution in [3.8, 4) is 5.75 Å². The molecule has 0 N–H and O–H groups in total. The van der Waals surface area contributed by atoms with Gasteiger partial charge in [0.15, 0.2) is 0 Å². The first kappa shape index (κ1) is 19.0. The van der Waals surface area contributed by atoms with Gasteiger partial charge in [-0.1, -0.05) is 13.8 Å². The predicted molar refractivity (Wildman–Crippen MR) is 97.0 cm³/mol. The zero-order valence-electron chi connectivity index (χ0n) is 15.2.